The van der Waals surface area contributed by atoms with Gasteiger partial charge < -0.3 is 4.74 Å². The van der Waals surface area contributed by atoms with Crippen LogP contribution in [0, 0.1) is 11.8 Å². The van der Waals surface area contributed by atoms with Crippen molar-refractivity contribution in [3.8, 4) is 11.8 Å². The molecule has 3 heteroatoms. The monoisotopic (exact) mass is 198 g/mol. The minimum Gasteiger partial charge on any atom is -0.463 e. The number of carbonyl (C=O) groups excluding carboxylic acids is 1. The van der Waals surface area contributed by atoms with Crippen molar-refractivity contribution >= 4 is 17.6 Å². The van der Waals surface area contributed by atoms with Gasteiger partial charge >= 0.3 is 5.97 Å². The lowest BCUT2D eigenvalue weighted by molar-refractivity contribution is -0.138. The summed E-state index contributed by atoms with van der Waals surface area (Å²) in [5.41, 5.74) is 1.79. The molecule has 0 spiro atoms. The van der Waals surface area contributed by atoms with Gasteiger partial charge in [0.15, 0.2) is 0 Å². The van der Waals surface area contributed by atoms with E-state index < -0.39 is 0 Å². The van der Waals surface area contributed by atoms with Crippen LogP contribution in [0.5, 0.6) is 0 Å². The highest BCUT2D eigenvalue weighted by Crippen LogP contribution is 1.94. The minimum absolute atomic E-state index is 0.341. The molecule has 0 aromatic heterocycles. The Morgan fingerprint density at radius 2 is 2.23 bits per heavy atom. The molecule has 0 saturated heterocycles. The molecule has 13 heavy (non-hydrogen) atoms. The molecule has 0 fully saturated rings. The maximum Gasteiger partial charge on any atom is 0.334 e. The van der Waals surface area contributed by atoms with Gasteiger partial charge in [0.2, 0.25) is 0 Å². The third-order valence-corrected chi connectivity index (χ3v) is 1.24. The molecule has 0 aliphatic rings. The lowest BCUT2D eigenvalue weighted by atomic mass is 10.3. The summed E-state index contributed by atoms with van der Waals surface area (Å²) in [5, 5.41) is 0. The van der Waals surface area contributed by atoms with Gasteiger partial charge in [-0.1, -0.05) is 23.4 Å². The van der Waals surface area contributed by atoms with Crippen molar-refractivity contribution in [2.45, 2.75) is 13.8 Å². The number of hydrogen-bond acceptors (Lipinski definition) is 2. The maximum absolute atomic E-state index is 11.0. The van der Waals surface area contributed by atoms with Crippen LogP contribution in [-0.4, -0.2) is 12.6 Å². The average Bonchev–Trinajstić information content (AvgIpc) is 2.12. The van der Waals surface area contributed by atoms with E-state index in [4.69, 9.17) is 16.3 Å². The zero-order valence-electron chi connectivity index (χ0n) is 7.63. The maximum atomic E-state index is 11.0. The zero-order chi connectivity index (χ0) is 10.1. The van der Waals surface area contributed by atoms with Crippen LogP contribution in [0.2, 0.25) is 0 Å². The van der Waals surface area contributed by atoms with Crippen molar-refractivity contribution in [2.24, 2.45) is 0 Å². The van der Waals surface area contributed by atoms with Crippen molar-refractivity contribution < 1.29 is 9.53 Å². The van der Waals surface area contributed by atoms with Gasteiger partial charge in [0.05, 0.1) is 6.61 Å². The highest BCUT2D eigenvalue weighted by atomic mass is 35.5. The van der Waals surface area contributed by atoms with E-state index in [1.165, 1.54) is 17.7 Å². The van der Waals surface area contributed by atoms with E-state index in [0.717, 1.165) is 0 Å². The summed E-state index contributed by atoms with van der Waals surface area (Å²) >= 11 is 5.23. The van der Waals surface area contributed by atoms with Crippen LogP contribution in [0.3, 0.4) is 0 Å². The topological polar surface area (TPSA) is 26.3 Å². The predicted octanol–water partition coefficient (Wildman–Crippen LogP) is 2.25. The fourth-order valence-electron chi connectivity index (χ4n) is 0.533. The second kappa shape index (κ2) is 7.45. The second-order valence-electron chi connectivity index (χ2n) is 2.13. The SMILES string of the molecule is CCOC(=O)/C(C)=C\C#C/C=C/Cl. The lowest BCUT2D eigenvalue weighted by Crippen LogP contribution is -2.04. The number of esters is 1. The number of hydrogen-bond donors (Lipinski definition) is 0. The first kappa shape index (κ1) is 11.8. The number of allylic oxidation sites excluding steroid dienone is 2. The van der Waals surface area contributed by atoms with Gasteiger partial charge in [-0.05, 0) is 26.0 Å². The van der Waals surface area contributed by atoms with E-state index in [2.05, 4.69) is 11.8 Å². The first-order chi connectivity index (χ1) is 6.22. The van der Waals surface area contributed by atoms with Crippen LogP contribution >= 0.6 is 11.6 Å². The fourth-order valence-corrected chi connectivity index (χ4v) is 0.596. The van der Waals surface area contributed by atoms with Crippen LogP contribution in [0.25, 0.3) is 0 Å². The van der Waals surface area contributed by atoms with E-state index >= 15 is 0 Å². The van der Waals surface area contributed by atoms with Crippen LogP contribution < -0.4 is 0 Å². The largest absolute Gasteiger partial charge is 0.463 e. The van der Waals surface area contributed by atoms with Crippen molar-refractivity contribution in [3.05, 3.63) is 23.3 Å². The molecule has 0 aromatic carbocycles. The van der Waals surface area contributed by atoms with Gasteiger partial charge in [-0.3, -0.25) is 0 Å². The van der Waals surface area contributed by atoms with E-state index in [-0.39, 0.29) is 5.97 Å². The van der Waals surface area contributed by atoms with Gasteiger partial charge in [-0.15, -0.1) is 0 Å². The summed E-state index contributed by atoms with van der Waals surface area (Å²) in [5.74, 6) is 4.92. The van der Waals surface area contributed by atoms with E-state index in [1.807, 2.05) is 0 Å². The highest BCUT2D eigenvalue weighted by molar-refractivity contribution is 6.25. The molecule has 0 radical (unpaired) electrons. The lowest BCUT2D eigenvalue weighted by Gasteiger charge is -1.98. The van der Waals surface area contributed by atoms with Gasteiger partial charge in [0.1, 0.15) is 0 Å². The molecular formula is C10H11ClO2. The normalized spacial score (nSPS) is 10.8. The average molecular weight is 199 g/mol. The summed E-state index contributed by atoms with van der Waals surface area (Å²) in [6.45, 7) is 3.78. The summed E-state index contributed by atoms with van der Waals surface area (Å²) in [6.07, 6.45) is 2.98. The number of halogens is 1. The fraction of sp³-hybridized carbons (Fsp3) is 0.300. The molecule has 0 heterocycles. The van der Waals surface area contributed by atoms with Crippen LogP contribution in [0.4, 0.5) is 0 Å². The molecule has 0 N–H and O–H groups in total. The quantitative estimate of drug-likeness (QED) is 0.387. The van der Waals surface area contributed by atoms with Crippen molar-refractivity contribution in [2.75, 3.05) is 6.61 Å². The Morgan fingerprint density at radius 1 is 1.54 bits per heavy atom. The van der Waals surface area contributed by atoms with Gasteiger partial charge in [0.25, 0.3) is 0 Å². The minimum atomic E-state index is -0.341. The van der Waals surface area contributed by atoms with Gasteiger partial charge in [-0.25, -0.2) is 4.79 Å². The molecule has 0 saturated carbocycles. The number of carbonyl (C=O) groups is 1. The molecule has 0 aliphatic heterocycles. The summed E-state index contributed by atoms with van der Waals surface area (Å²) in [7, 11) is 0. The Balaban J connectivity index is 4.18. The standard InChI is InChI=1S/C10H11ClO2/c1-3-13-10(12)9(2)7-5-4-6-8-11/h6-8H,3H2,1-2H3/b8-6+,9-7-. The van der Waals surface area contributed by atoms with Crippen molar-refractivity contribution in [3.63, 3.8) is 0 Å². The van der Waals surface area contributed by atoms with E-state index in [0.29, 0.717) is 12.2 Å². The smallest absolute Gasteiger partial charge is 0.334 e. The molecular weight excluding hydrogens is 188 g/mol. The molecule has 0 aromatic rings. The molecule has 0 rings (SSSR count). The van der Waals surface area contributed by atoms with Gasteiger partial charge in [0, 0.05) is 11.1 Å². The van der Waals surface area contributed by atoms with Gasteiger partial charge in [-0.2, -0.15) is 0 Å². The Labute approximate surface area is 83.2 Å². The predicted molar refractivity (Wildman–Crippen MR) is 53.2 cm³/mol. The molecule has 2 nitrogen and oxygen atoms in total. The Hall–Kier alpha value is -1.20. The molecule has 0 aliphatic carbocycles. The van der Waals surface area contributed by atoms with Crippen LogP contribution in [-0.2, 0) is 9.53 Å². The van der Waals surface area contributed by atoms with Crippen LogP contribution in [0.1, 0.15) is 13.8 Å². The number of rotatable bonds is 2. The number of ether oxygens (including phenoxy) is 1. The second-order valence-corrected chi connectivity index (χ2v) is 2.38. The van der Waals surface area contributed by atoms with Crippen LogP contribution in [0.15, 0.2) is 23.3 Å². The summed E-state index contributed by atoms with van der Waals surface area (Å²) in [4.78, 5) is 11.0. The van der Waals surface area contributed by atoms with E-state index in [9.17, 15) is 4.79 Å². The molecule has 0 atom stereocenters. The highest BCUT2D eigenvalue weighted by Gasteiger charge is 2.01. The third-order valence-electron chi connectivity index (χ3n) is 1.12. The third kappa shape index (κ3) is 6.01. The van der Waals surface area contributed by atoms with Crippen molar-refractivity contribution in [1.82, 2.24) is 0 Å². The Morgan fingerprint density at radius 3 is 2.77 bits per heavy atom. The molecule has 0 amide bonds. The summed E-state index contributed by atoms with van der Waals surface area (Å²) < 4.78 is 4.74. The molecule has 0 unspecified atom stereocenters. The molecule has 70 valence electrons. The van der Waals surface area contributed by atoms with E-state index in [1.54, 1.807) is 13.8 Å². The first-order valence-corrected chi connectivity index (χ1v) is 4.26. The summed E-state index contributed by atoms with van der Waals surface area (Å²) in [6, 6.07) is 0. The zero-order valence-corrected chi connectivity index (χ0v) is 8.39. The molecule has 0 bridgehead atoms. The Bertz CT molecular complexity index is 279. The van der Waals surface area contributed by atoms with Crippen molar-refractivity contribution in [1.29, 1.82) is 0 Å². The Kier molecular flexibility index (Phi) is 6.76. The first-order valence-electron chi connectivity index (χ1n) is 3.82.